The summed E-state index contributed by atoms with van der Waals surface area (Å²) in [6, 6.07) is 5.44. The van der Waals surface area contributed by atoms with Gasteiger partial charge in [-0.15, -0.1) is 0 Å². The van der Waals surface area contributed by atoms with Gasteiger partial charge in [0.05, 0.1) is 0 Å². The second kappa shape index (κ2) is 6.04. The van der Waals surface area contributed by atoms with Crippen LogP contribution in [0.5, 0.6) is 0 Å². The van der Waals surface area contributed by atoms with Crippen molar-refractivity contribution in [2.24, 2.45) is 18.4 Å². The maximum absolute atomic E-state index is 12.7. The Morgan fingerprint density at radius 1 is 1.38 bits per heavy atom. The summed E-state index contributed by atoms with van der Waals surface area (Å²) < 4.78 is 1.44. The Hall–Kier alpha value is -2.17. The first-order valence-corrected chi connectivity index (χ1v) is 8.52. The molecule has 1 saturated carbocycles. The SMILES string of the molecule is C[C@@H]1C[C@H](NC(=O)c2cc3cccnc3n(C)c2=O)CC(C)(C)C1. The summed E-state index contributed by atoms with van der Waals surface area (Å²) in [6.07, 6.45) is 4.72. The Morgan fingerprint density at radius 3 is 2.83 bits per heavy atom. The molecule has 1 N–H and O–H groups in total. The van der Waals surface area contributed by atoms with Crippen LogP contribution in [-0.2, 0) is 7.05 Å². The van der Waals surface area contributed by atoms with Crippen molar-refractivity contribution in [1.82, 2.24) is 14.9 Å². The smallest absolute Gasteiger partial charge is 0.264 e. The Labute approximate surface area is 142 Å². The van der Waals surface area contributed by atoms with Crippen LogP contribution in [0.15, 0.2) is 29.2 Å². The van der Waals surface area contributed by atoms with Gasteiger partial charge < -0.3 is 5.32 Å². The van der Waals surface area contributed by atoms with E-state index in [9.17, 15) is 9.59 Å². The van der Waals surface area contributed by atoms with E-state index in [1.54, 1.807) is 25.4 Å². The molecule has 2 heterocycles. The molecule has 0 aliphatic heterocycles. The van der Waals surface area contributed by atoms with Crippen LogP contribution in [-0.4, -0.2) is 21.5 Å². The molecule has 1 aliphatic carbocycles. The highest BCUT2D eigenvalue weighted by atomic mass is 16.2. The third-order valence-electron chi connectivity index (χ3n) is 4.94. The number of amides is 1. The summed E-state index contributed by atoms with van der Waals surface area (Å²) in [5.74, 6) is 0.291. The number of aryl methyl sites for hydroxylation is 1. The van der Waals surface area contributed by atoms with Crippen molar-refractivity contribution in [3.8, 4) is 0 Å². The van der Waals surface area contributed by atoms with Gasteiger partial charge in [-0.1, -0.05) is 20.8 Å². The van der Waals surface area contributed by atoms with Crippen LogP contribution in [0.1, 0.15) is 50.4 Å². The average Bonchev–Trinajstić information content (AvgIpc) is 2.48. The zero-order chi connectivity index (χ0) is 17.5. The van der Waals surface area contributed by atoms with Gasteiger partial charge in [0.15, 0.2) is 0 Å². The predicted octanol–water partition coefficient (Wildman–Crippen LogP) is 2.88. The minimum absolute atomic E-state index is 0.116. The first-order chi connectivity index (χ1) is 11.3. The fraction of sp³-hybridized carbons (Fsp3) is 0.526. The predicted molar refractivity (Wildman–Crippen MR) is 95.0 cm³/mol. The van der Waals surface area contributed by atoms with Crippen LogP contribution in [0.25, 0.3) is 11.0 Å². The van der Waals surface area contributed by atoms with Crippen molar-refractivity contribution in [2.45, 2.75) is 46.1 Å². The molecular weight excluding hydrogens is 302 g/mol. The summed E-state index contributed by atoms with van der Waals surface area (Å²) in [5.41, 5.74) is 0.691. The normalized spacial score (nSPS) is 23.2. The number of carbonyl (C=O) groups is 1. The first-order valence-electron chi connectivity index (χ1n) is 8.52. The number of nitrogens with zero attached hydrogens (tertiary/aromatic N) is 2. The van der Waals surface area contributed by atoms with Crippen LogP contribution < -0.4 is 10.9 Å². The van der Waals surface area contributed by atoms with E-state index in [0.717, 1.165) is 18.2 Å². The van der Waals surface area contributed by atoms with E-state index in [2.05, 4.69) is 31.1 Å². The Kier molecular flexibility index (Phi) is 4.20. The highest BCUT2D eigenvalue weighted by Gasteiger charge is 2.33. The van der Waals surface area contributed by atoms with Crippen molar-refractivity contribution < 1.29 is 4.79 Å². The van der Waals surface area contributed by atoms with Gasteiger partial charge in [-0.3, -0.25) is 14.2 Å². The highest BCUT2D eigenvalue weighted by molar-refractivity contribution is 5.97. The Balaban J connectivity index is 1.89. The quantitative estimate of drug-likeness (QED) is 0.922. The van der Waals surface area contributed by atoms with Crippen LogP contribution in [0, 0.1) is 11.3 Å². The van der Waals surface area contributed by atoms with Crippen molar-refractivity contribution in [3.63, 3.8) is 0 Å². The maximum atomic E-state index is 12.7. The van der Waals surface area contributed by atoms with Gasteiger partial charge in [0.2, 0.25) is 0 Å². The van der Waals surface area contributed by atoms with Gasteiger partial charge in [-0.2, -0.15) is 0 Å². The average molecular weight is 327 g/mol. The molecule has 2 atom stereocenters. The van der Waals surface area contributed by atoms with Crippen molar-refractivity contribution in [2.75, 3.05) is 0 Å². The fourth-order valence-electron chi connectivity index (χ4n) is 4.18. The molecule has 0 aromatic carbocycles. The second-order valence-corrected chi connectivity index (χ2v) is 7.92. The number of hydrogen-bond donors (Lipinski definition) is 1. The third kappa shape index (κ3) is 3.21. The molecule has 24 heavy (non-hydrogen) atoms. The van der Waals surface area contributed by atoms with E-state index >= 15 is 0 Å². The number of rotatable bonds is 2. The van der Waals surface area contributed by atoms with Gasteiger partial charge >= 0.3 is 0 Å². The molecule has 0 unspecified atom stereocenters. The van der Waals surface area contributed by atoms with E-state index in [-0.39, 0.29) is 28.5 Å². The number of aromatic nitrogens is 2. The standard InChI is InChI=1S/C19H25N3O2/c1-12-8-14(11-19(2,3)10-12)21-17(23)15-9-13-6-5-7-20-16(13)22(4)18(15)24/h5-7,9,12,14H,8,10-11H2,1-4H3,(H,21,23)/t12-,14+/m1/s1. The lowest BCUT2D eigenvalue weighted by atomic mass is 9.70. The van der Waals surface area contributed by atoms with E-state index < -0.39 is 0 Å². The molecule has 0 radical (unpaired) electrons. The minimum Gasteiger partial charge on any atom is -0.349 e. The topological polar surface area (TPSA) is 64.0 Å². The fourth-order valence-corrected chi connectivity index (χ4v) is 4.18. The van der Waals surface area contributed by atoms with Gasteiger partial charge in [0.1, 0.15) is 11.2 Å². The first kappa shape index (κ1) is 16.7. The van der Waals surface area contributed by atoms with Crippen molar-refractivity contribution in [1.29, 1.82) is 0 Å². The number of pyridine rings is 2. The molecule has 2 aromatic rings. The lowest BCUT2D eigenvalue weighted by molar-refractivity contribution is 0.0872. The summed E-state index contributed by atoms with van der Waals surface area (Å²) in [7, 11) is 1.65. The molecule has 128 valence electrons. The molecule has 3 rings (SSSR count). The molecule has 2 aromatic heterocycles. The van der Waals surface area contributed by atoms with E-state index in [0.29, 0.717) is 11.6 Å². The molecule has 0 spiro atoms. The number of nitrogens with one attached hydrogen (secondary N) is 1. The molecule has 0 bridgehead atoms. The molecule has 5 nitrogen and oxygen atoms in total. The van der Waals surface area contributed by atoms with Crippen LogP contribution in [0.4, 0.5) is 0 Å². The summed E-state index contributed by atoms with van der Waals surface area (Å²) in [6.45, 7) is 6.70. The largest absolute Gasteiger partial charge is 0.349 e. The third-order valence-corrected chi connectivity index (χ3v) is 4.94. The summed E-state index contributed by atoms with van der Waals surface area (Å²) >= 11 is 0. The lowest BCUT2D eigenvalue weighted by Gasteiger charge is -2.39. The van der Waals surface area contributed by atoms with E-state index in [4.69, 9.17) is 0 Å². The molecule has 1 amide bonds. The molecule has 1 aliphatic rings. The Morgan fingerprint density at radius 2 is 2.12 bits per heavy atom. The van der Waals surface area contributed by atoms with E-state index in [1.807, 2.05) is 6.07 Å². The van der Waals surface area contributed by atoms with E-state index in [1.165, 1.54) is 11.0 Å². The molecule has 1 fully saturated rings. The van der Waals surface area contributed by atoms with Crippen LogP contribution >= 0.6 is 0 Å². The molecular formula is C19H25N3O2. The monoisotopic (exact) mass is 327 g/mol. The number of fused-ring (bicyclic) bond motifs is 1. The second-order valence-electron chi connectivity index (χ2n) is 7.92. The summed E-state index contributed by atoms with van der Waals surface area (Å²) in [5, 5.41) is 3.87. The minimum atomic E-state index is -0.304. The highest BCUT2D eigenvalue weighted by Crippen LogP contribution is 2.38. The zero-order valence-corrected chi connectivity index (χ0v) is 14.8. The van der Waals surface area contributed by atoms with Crippen LogP contribution in [0.2, 0.25) is 0 Å². The summed E-state index contributed by atoms with van der Waals surface area (Å²) in [4.78, 5) is 29.4. The van der Waals surface area contributed by atoms with Gasteiger partial charge in [-0.25, -0.2) is 4.98 Å². The lowest BCUT2D eigenvalue weighted by Crippen LogP contribution is -2.44. The van der Waals surface area contributed by atoms with Crippen molar-refractivity contribution >= 4 is 16.9 Å². The zero-order valence-electron chi connectivity index (χ0n) is 14.8. The maximum Gasteiger partial charge on any atom is 0.264 e. The Bertz CT molecular complexity index is 838. The van der Waals surface area contributed by atoms with Gasteiger partial charge in [0.25, 0.3) is 11.5 Å². The van der Waals surface area contributed by atoms with Crippen LogP contribution in [0.3, 0.4) is 0 Å². The van der Waals surface area contributed by atoms with Gasteiger partial charge in [0, 0.05) is 24.7 Å². The van der Waals surface area contributed by atoms with Gasteiger partial charge in [-0.05, 0) is 48.8 Å². The number of hydrogen-bond acceptors (Lipinski definition) is 3. The molecule has 5 heteroatoms. The van der Waals surface area contributed by atoms with Crippen molar-refractivity contribution in [3.05, 3.63) is 40.3 Å². The number of carbonyl (C=O) groups excluding carboxylic acids is 1. The molecule has 0 saturated heterocycles.